The number of hydrogen-bond donors (Lipinski definition) is 1. The first-order chi connectivity index (χ1) is 11.1. The minimum absolute atomic E-state index is 0.128. The monoisotopic (exact) mass is 320 g/mol. The van der Waals surface area contributed by atoms with Gasteiger partial charge in [-0.25, -0.2) is 0 Å². The number of phenolic OH excluding ortho intramolecular Hbond substituents is 1. The normalized spacial score (nSPS) is 17.6. The standard InChI is InChI=1S/C18H28N2O3/c1-3-20(4-2)18(22)14-19(13-16-9-7-11-23-16)12-15-8-5-6-10-17(15)21/h5-6,8,10,16,21H,3-4,7,9,11-14H2,1-2H3. The number of phenols is 1. The van der Waals surface area contributed by atoms with Crippen molar-refractivity contribution in [2.45, 2.75) is 39.3 Å². The van der Waals surface area contributed by atoms with Crippen molar-refractivity contribution >= 4 is 5.91 Å². The fraction of sp³-hybridized carbons (Fsp3) is 0.611. The number of nitrogens with zero attached hydrogens (tertiary/aromatic N) is 2. The third-order valence-corrected chi connectivity index (χ3v) is 4.35. The maximum Gasteiger partial charge on any atom is 0.236 e. The molecular weight excluding hydrogens is 292 g/mol. The van der Waals surface area contributed by atoms with Gasteiger partial charge < -0.3 is 14.7 Å². The lowest BCUT2D eigenvalue weighted by atomic mass is 10.1. The van der Waals surface area contributed by atoms with Crippen LogP contribution in [0.2, 0.25) is 0 Å². The van der Waals surface area contributed by atoms with Crippen molar-refractivity contribution in [2.24, 2.45) is 0 Å². The van der Waals surface area contributed by atoms with Crippen LogP contribution >= 0.6 is 0 Å². The number of carbonyl (C=O) groups is 1. The number of amides is 1. The molecule has 128 valence electrons. The van der Waals surface area contributed by atoms with Gasteiger partial charge in [-0.05, 0) is 32.8 Å². The van der Waals surface area contributed by atoms with E-state index in [1.807, 2.05) is 36.9 Å². The molecule has 1 heterocycles. The van der Waals surface area contributed by atoms with Crippen molar-refractivity contribution in [2.75, 3.05) is 32.8 Å². The lowest BCUT2D eigenvalue weighted by molar-refractivity contribution is -0.132. The first-order valence-electron chi connectivity index (χ1n) is 8.52. The van der Waals surface area contributed by atoms with E-state index >= 15 is 0 Å². The molecule has 1 aromatic carbocycles. The number of carbonyl (C=O) groups excluding carboxylic acids is 1. The molecule has 0 bridgehead atoms. The zero-order valence-electron chi connectivity index (χ0n) is 14.2. The Hall–Kier alpha value is -1.59. The van der Waals surface area contributed by atoms with E-state index in [4.69, 9.17) is 4.74 Å². The van der Waals surface area contributed by atoms with E-state index in [1.165, 1.54) is 0 Å². The zero-order valence-corrected chi connectivity index (χ0v) is 14.2. The fourth-order valence-electron chi connectivity index (χ4n) is 3.01. The minimum Gasteiger partial charge on any atom is -0.508 e. The molecule has 2 rings (SSSR count). The lowest BCUT2D eigenvalue weighted by Crippen LogP contribution is -2.42. The second-order valence-electron chi connectivity index (χ2n) is 6.00. The maximum absolute atomic E-state index is 12.4. The van der Waals surface area contributed by atoms with Gasteiger partial charge in [0.2, 0.25) is 5.91 Å². The predicted molar refractivity (Wildman–Crippen MR) is 90.3 cm³/mol. The van der Waals surface area contributed by atoms with Crippen molar-refractivity contribution in [3.8, 4) is 5.75 Å². The van der Waals surface area contributed by atoms with Gasteiger partial charge in [-0.1, -0.05) is 18.2 Å². The van der Waals surface area contributed by atoms with Gasteiger partial charge in [-0.3, -0.25) is 9.69 Å². The first kappa shape index (κ1) is 17.8. The third kappa shape index (κ3) is 5.22. The van der Waals surface area contributed by atoms with E-state index in [2.05, 4.69) is 4.90 Å². The fourth-order valence-corrected chi connectivity index (χ4v) is 3.01. The molecule has 5 heteroatoms. The number of aromatic hydroxyl groups is 1. The molecule has 1 aliphatic rings. The van der Waals surface area contributed by atoms with Gasteiger partial charge in [0.25, 0.3) is 0 Å². The number of ether oxygens (including phenoxy) is 1. The Kier molecular flexibility index (Phi) is 6.86. The van der Waals surface area contributed by atoms with Gasteiger partial charge in [0.15, 0.2) is 0 Å². The van der Waals surface area contributed by atoms with E-state index in [-0.39, 0.29) is 17.8 Å². The highest BCUT2D eigenvalue weighted by Crippen LogP contribution is 2.20. The SMILES string of the molecule is CCN(CC)C(=O)CN(Cc1ccccc1O)CC1CCCO1. The third-order valence-electron chi connectivity index (χ3n) is 4.35. The number of hydrogen-bond acceptors (Lipinski definition) is 4. The van der Waals surface area contributed by atoms with Crippen LogP contribution < -0.4 is 0 Å². The van der Waals surface area contributed by atoms with E-state index < -0.39 is 0 Å². The van der Waals surface area contributed by atoms with E-state index in [0.717, 1.165) is 44.6 Å². The van der Waals surface area contributed by atoms with Gasteiger partial charge in [-0.15, -0.1) is 0 Å². The van der Waals surface area contributed by atoms with Crippen LogP contribution in [0, 0.1) is 0 Å². The van der Waals surface area contributed by atoms with Crippen LogP contribution in [0.1, 0.15) is 32.3 Å². The van der Waals surface area contributed by atoms with Crippen LogP contribution in [0.15, 0.2) is 24.3 Å². The van der Waals surface area contributed by atoms with E-state index in [1.54, 1.807) is 6.07 Å². The highest BCUT2D eigenvalue weighted by molar-refractivity contribution is 5.78. The van der Waals surface area contributed by atoms with Crippen LogP contribution in [-0.2, 0) is 16.1 Å². The van der Waals surface area contributed by atoms with Crippen molar-refractivity contribution in [1.29, 1.82) is 0 Å². The molecular formula is C18H28N2O3. The maximum atomic E-state index is 12.4. The Morgan fingerprint density at radius 3 is 2.65 bits per heavy atom. The first-order valence-corrected chi connectivity index (χ1v) is 8.52. The molecule has 1 atom stereocenters. The predicted octanol–water partition coefficient (Wildman–Crippen LogP) is 2.24. The molecule has 1 unspecified atom stereocenters. The lowest BCUT2D eigenvalue weighted by Gasteiger charge is -2.28. The number of likely N-dealkylation sites (N-methyl/N-ethyl adjacent to an activating group) is 1. The van der Waals surface area contributed by atoms with Crippen LogP contribution in [0.25, 0.3) is 0 Å². The van der Waals surface area contributed by atoms with Gasteiger partial charge in [-0.2, -0.15) is 0 Å². The Labute approximate surface area is 138 Å². The van der Waals surface area contributed by atoms with Crippen molar-refractivity contribution < 1.29 is 14.6 Å². The average Bonchev–Trinajstić information content (AvgIpc) is 3.03. The summed E-state index contributed by atoms with van der Waals surface area (Å²) in [4.78, 5) is 16.4. The average molecular weight is 320 g/mol. The summed E-state index contributed by atoms with van der Waals surface area (Å²) >= 11 is 0. The summed E-state index contributed by atoms with van der Waals surface area (Å²) < 4.78 is 5.72. The Morgan fingerprint density at radius 1 is 1.30 bits per heavy atom. The molecule has 0 aromatic heterocycles. The number of para-hydroxylation sites is 1. The molecule has 5 nitrogen and oxygen atoms in total. The molecule has 1 fully saturated rings. The van der Waals surface area contributed by atoms with Gasteiger partial charge in [0.05, 0.1) is 12.6 Å². The molecule has 23 heavy (non-hydrogen) atoms. The minimum atomic E-state index is 0.128. The highest BCUT2D eigenvalue weighted by atomic mass is 16.5. The van der Waals surface area contributed by atoms with Crippen molar-refractivity contribution in [1.82, 2.24) is 9.80 Å². The molecule has 0 saturated carbocycles. The highest BCUT2D eigenvalue weighted by Gasteiger charge is 2.23. The summed E-state index contributed by atoms with van der Waals surface area (Å²) in [5, 5.41) is 10.0. The molecule has 0 aliphatic carbocycles. The van der Waals surface area contributed by atoms with E-state index in [9.17, 15) is 9.90 Å². The number of rotatable bonds is 8. The Morgan fingerprint density at radius 2 is 2.04 bits per heavy atom. The second-order valence-corrected chi connectivity index (χ2v) is 6.00. The van der Waals surface area contributed by atoms with Crippen molar-refractivity contribution in [3.05, 3.63) is 29.8 Å². The Bertz CT molecular complexity index is 497. The summed E-state index contributed by atoms with van der Waals surface area (Å²) in [6, 6.07) is 7.31. The van der Waals surface area contributed by atoms with Gasteiger partial charge >= 0.3 is 0 Å². The summed E-state index contributed by atoms with van der Waals surface area (Å²) in [5.41, 5.74) is 0.845. The van der Waals surface area contributed by atoms with Crippen LogP contribution in [0.5, 0.6) is 5.75 Å². The second kappa shape index (κ2) is 8.89. The molecule has 1 saturated heterocycles. The largest absolute Gasteiger partial charge is 0.508 e. The zero-order chi connectivity index (χ0) is 16.7. The molecule has 1 N–H and O–H groups in total. The summed E-state index contributed by atoms with van der Waals surface area (Å²) in [6.07, 6.45) is 2.31. The quantitative estimate of drug-likeness (QED) is 0.798. The molecule has 1 aromatic rings. The molecule has 1 aliphatic heterocycles. The van der Waals surface area contributed by atoms with Gasteiger partial charge in [0.1, 0.15) is 5.75 Å². The summed E-state index contributed by atoms with van der Waals surface area (Å²) in [5.74, 6) is 0.406. The summed E-state index contributed by atoms with van der Waals surface area (Å²) in [7, 11) is 0. The van der Waals surface area contributed by atoms with Crippen LogP contribution in [-0.4, -0.2) is 59.7 Å². The van der Waals surface area contributed by atoms with Crippen LogP contribution in [0.4, 0.5) is 0 Å². The van der Waals surface area contributed by atoms with Gasteiger partial charge in [0, 0.05) is 38.3 Å². The van der Waals surface area contributed by atoms with Crippen LogP contribution in [0.3, 0.4) is 0 Å². The van der Waals surface area contributed by atoms with E-state index in [0.29, 0.717) is 13.1 Å². The smallest absolute Gasteiger partial charge is 0.236 e. The van der Waals surface area contributed by atoms with Crippen molar-refractivity contribution in [3.63, 3.8) is 0 Å². The molecule has 0 spiro atoms. The Balaban J connectivity index is 2.04. The summed E-state index contributed by atoms with van der Waals surface area (Å²) in [6.45, 7) is 7.87. The molecule has 1 amide bonds. The topological polar surface area (TPSA) is 53.0 Å². The number of benzene rings is 1. The molecule has 0 radical (unpaired) electrons.